The molecule has 2 heterocycles. The minimum atomic E-state index is -0.442. The highest BCUT2D eigenvalue weighted by Gasteiger charge is 2.12. The highest BCUT2D eigenvalue weighted by molar-refractivity contribution is 6.01. The number of benzene rings is 3. The molecule has 2 aromatic heterocycles. The summed E-state index contributed by atoms with van der Waals surface area (Å²) in [5, 5.41) is 17.0. The standard InChI is InChI=1S/C25H18N4O4/c30-25(24-13-18-7-1-4-11-23(18)33-24)27-26-14-19-16-28(22-10-3-2-9-21(19)22)15-17-6-5-8-20(12-17)29(31)32/h1-14,16H,15H2,(H,27,30)/b26-14-. The molecule has 1 amide bonds. The van der Waals surface area contributed by atoms with Crippen LogP contribution in [0.2, 0.25) is 0 Å². The van der Waals surface area contributed by atoms with Crippen molar-refractivity contribution in [2.24, 2.45) is 5.10 Å². The molecule has 0 saturated carbocycles. The lowest BCUT2D eigenvalue weighted by atomic mass is 10.2. The van der Waals surface area contributed by atoms with Gasteiger partial charge in [0.1, 0.15) is 5.58 Å². The van der Waals surface area contributed by atoms with Gasteiger partial charge in [-0.3, -0.25) is 14.9 Å². The number of amides is 1. The highest BCUT2D eigenvalue weighted by atomic mass is 16.6. The summed E-state index contributed by atoms with van der Waals surface area (Å²) in [6.45, 7) is 0.460. The van der Waals surface area contributed by atoms with E-state index in [1.54, 1.807) is 30.5 Å². The monoisotopic (exact) mass is 438 g/mol. The predicted molar refractivity (Wildman–Crippen MR) is 125 cm³/mol. The van der Waals surface area contributed by atoms with Crippen molar-refractivity contribution in [3.05, 3.63) is 112 Å². The van der Waals surface area contributed by atoms with Crippen LogP contribution in [0.4, 0.5) is 5.69 Å². The van der Waals surface area contributed by atoms with Crippen molar-refractivity contribution in [3.63, 3.8) is 0 Å². The number of para-hydroxylation sites is 2. The summed E-state index contributed by atoms with van der Waals surface area (Å²) in [5.74, 6) is -0.260. The number of nitrogens with one attached hydrogen (secondary N) is 1. The fourth-order valence-electron chi connectivity index (χ4n) is 3.78. The lowest BCUT2D eigenvalue weighted by molar-refractivity contribution is -0.384. The summed E-state index contributed by atoms with van der Waals surface area (Å²) in [7, 11) is 0. The molecular formula is C25H18N4O4. The maximum Gasteiger partial charge on any atom is 0.307 e. The molecule has 0 aliphatic carbocycles. The normalized spacial score (nSPS) is 11.4. The molecule has 0 unspecified atom stereocenters. The number of nitro benzene ring substituents is 1. The third-order valence-electron chi connectivity index (χ3n) is 5.31. The Balaban J connectivity index is 1.38. The van der Waals surface area contributed by atoms with E-state index in [-0.39, 0.29) is 11.4 Å². The Hall–Kier alpha value is -4.72. The van der Waals surface area contributed by atoms with Crippen LogP contribution in [0.5, 0.6) is 0 Å². The minimum Gasteiger partial charge on any atom is -0.451 e. The molecule has 0 atom stereocenters. The molecule has 3 aromatic carbocycles. The number of hydrogen-bond acceptors (Lipinski definition) is 5. The van der Waals surface area contributed by atoms with Gasteiger partial charge in [-0.25, -0.2) is 5.43 Å². The third-order valence-corrected chi connectivity index (χ3v) is 5.31. The molecule has 0 saturated heterocycles. The fourth-order valence-corrected chi connectivity index (χ4v) is 3.78. The van der Waals surface area contributed by atoms with Gasteiger partial charge < -0.3 is 8.98 Å². The Morgan fingerprint density at radius 1 is 1.06 bits per heavy atom. The molecule has 0 radical (unpaired) electrons. The molecule has 0 aliphatic rings. The van der Waals surface area contributed by atoms with E-state index >= 15 is 0 Å². The number of rotatable bonds is 6. The van der Waals surface area contributed by atoms with E-state index in [4.69, 9.17) is 4.42 Å². The van der Waals surface area contributed by atoms with E-state index in [1.807, 2.05) is 59.3 Å². The number of nitrogens with zero attached hydrogens (tertiary/aromatic N) is 3. The van der Waals surface area contributed by atoms with Crippen molar-refractivity contribution >= 4 is 39.7 Å². The van der Waals surface area contributed by atoms with Gasteiger partial charge >= 0.3 is 5.91 Å². The van der Waals surface area contributed by atoms with Gasteiger partial charge in [0, 0.05) is 46.7 Å². The van der Waals surface area contributed by atoms with Crippen LogP contribution in [0.25, 0.3) is 21.9 Å². The first-order valence-corrected chi connectivity index (χ1v) is 10.2. The van der Waals surface area contributed by atoms with Gasteiger partial charge in [-0.2, -0.15) is 5.10 Å². The van der Waals surface area contributed by atoms with Crippen LogP contribution >= 0.6 is 0 Å². The van der Waals surface area contributed by atoms with Crippen LogP contribution in [0.3, 0.4) is 0 Å². The van der Waals surface area contributed by atoms with Crippen LogP contribution in [0.1, 0.15) is 21.7 Å². The Kier molecular flexibility index (Phi) is 5.16. The van der Waals surface area contributed by atoms with E-state index in [1.165, 1.54) is 6.07 Å². The molecule has 0 fully saturated rings. The van der Waals surface area contributed by atoms with E-state index in [0.29, 0.717) is 12.1 Å². The number of hydrazone groups is 1. The molecule has 8 heteroatoms. The van der Waals surface area contributed by atoms with Gasteiger partial charge in [-0.15, -0.1) is 0 Å². The minimum absolute atomic E-state index is 0.0547. The SMILES string of the molecule is O=C(N/N=C\c1cn(Cc2cccc([N+](=O)[O-])c2)c2ccccc12)c1cc2ccccc2o1. The van der Waals surface area contributed by atoms with E-state index < -0.39 is 10.8 Å². The quantitative estimate of drug-likeness (QED) is 0.226. The topological polar surface area (TPSA) is 103 Å². The Morgan fingerprint density at radius 3 is 2.73 bits per heavy atom. The number of non-ortho nitro benzene ring substituents is 1. The molecule has 0 spiro atoms. The summed E-state index contributed by atoms with van der Waals surface area (Å²) in [5.41, 5.74) is 5.77. The van der Waals surface area contributed by atoms with Crippen molar-refractivity contribution in [1.82, 2.24) is 9.99 Å². The number of carbonyl (C=O) groups excluding carboxylic acids is 1. The highest BCUT2D eigenvalue weighted by Crippen LogP contribution is 2.23. The lowest BCUT2D eigenvalue weighted by Crippen LogP contribution is -2.16. The van der Waals surface area contributed by atoms with E-state index in [9.17, 15) is 14.9 Å². The van der Waals surface area contributed by atoms with Crippen molar-refractivity contribution < 1.29 is 14.1 Å². The first-order chi connectivity index (χ1) is 16.1. The van der Waals surface area contributed by atoms with Crippen LogP contribution < -0.4 is 5.43 Å². The van der Waals surface area contributed by atoms with Crippen molar-refractivity contribution in [3.8, 4) is 0 Å². The summed E-state index contributed by atoms with van der Waals surface area (Å²) < 4.78 is 7.56. The van der Waals surface area contributed by atoms with Gasteiger partial charge in [-0.1, -0.05) is 48.5 Å². The average molecular weight is 438 g/mol. The van der Waals surface area contributed by atoms with Crippen molar-refractivity contribution in [2.45, 2.75) is 6.54 Å². The zero-order valence-electron chi connectivity index (χ0n) is 17.3. The zero-order chi connectivity index (χ0) is 22.8. The first-order valence-electron chi connectivity index (χ1n) is 10.2. The molecule has 162 valence electrons. The molecule has 1 N–H and O–H groups in total. The largest absolute Gasteiger partial charge is 0.451 e. The summed E-state index contributed by atoms with van der Waals surface area (Å²) in [6.07, 6.45) is 3.48. The number of fused-ring (bicyclic) bond motifs is 2. The molecule has 0 bridgehead atoms. The Bertz CT molecular complexity index is 1500. The second-order valence-electron chi connectivity index (χ2n) is 7.50. The molecule has 33 heavy (non-hydrogen) atoms. The molecule has 5 aromatic rings. The van der Waals surface area contributed by atoms with Gasteiger partial charge in [-0.05, 0) is 23.8 Å². The second kappa shape index (κ2) is 8.43. The lowest BCUT2D eigenvalue weighted by Gasteiger charge is -2.05. The van der Waals surface area contributed by atoms with Gasteiger partial charge in [0.15, 0.2) is 5.76 Å². The van der Waals surface area contributed by atoms with E-state index in [0.717, 1.165) is 27.4 Å². The molecular weight excluding hydrogens is 420 g/mol. The number of nitro groups is 1. The van der Waals surface area contributed by atoms with Gasteiger partial charge in [0.2, 0.25) is 0 Å². The summed E-state index contributed by atoms with van der Waals surface area (Å²) in [4.78, 5) is 23.1. The maximum absolute atomic E-state index is 12.4. The van der Waals surface area contributed by atoms with Crippen molar-refractivity contribution in [2.75, 3.05) is 0 Å². The first kappa shape index (κ1) is 20.2. The van der Waals surface area contributed by atoms with Crippen LogP contribution in [0, 0.1) is 10.1 Å². The number of hydrogen-bond donors (Lipinski definition) is 1. The Labute approximate surface area is 187 Å². The summed E-state index contributed by atoms with van der Waals surface area (Å²) in [6, 6.07) is 23.4. The molecule has 8 nitrogen and oxygen atoms in total. The average Bonchev–Trinajstić information content (AvgIpc) is 3.41. The smallest absolute Gasteiger partial charge is 0.307 e. The number of carbonyl (C=O) groups is 1. The van der Waals surface area contributed by atoms with Crippen LogP contribution in [-0.4, -0.2) is 21.6 Å². The second-order valence-corrected chi connectivity index (χ2v) is 7.50. The van der Waals surface area contributed by atoms with Crippen LogP contribution in [0.15, 0.2) is 94.6 Å². The van der Waals surface area contributed by atoms with Crippen molar-refractivity contribution in [1.29, 1.82) is 0 Å². The zero-order valence-corrected chi connectivity index (χ0v) is 17.3. The molecule has 0 aliphatic heterocycles. The van der Waals surface area contributed by atoms with Gasteiger partial charge in [0.25, 0.3) is 5.69 Å². The molecule has 5 rings (SSSR count). The third kappa shape index (κ3) is 4.09. The van der Waals surface area contributed by atoms with Gasteiger partial charge in [0.05, 0.1) is 11.1 Å². The number of aromatic nitrogens is 1. The Morgan fingerprint density at radius 2 is 1.88 bits per heavy atom. The summed E-state index contributed by atoms with van der Waals surface area (Å²) >= 11 is 0. The van der Waals surface area contributed by atoms with E-state index in [2.05, 4.69) is 10.5 Å². The number of furan rings is 1. The van der Waals surface area contributed by atoms with Crippen LogP contribution in [-0.2, 0) is 6.54 Å². The fraction of sp³-hybridized carbons (Fsp3) is 0.0400. The predicted octanol–water partition coefficient (Wildman–Crippen LogP) is 5.11. The maximum atomic E-state index is 12.4.